The second kappa shape index (κ2) is 9.22. The molecule has 5 unspecified atom stereocenters. The number of rotatable bonds is 3. The summed E-state index contributed by atoms with van der Waals surface area (Å²) in [7, 11) is -0.980. The van der Waals surface area contributed by atoms with Crippen LogP contribution in [0.25, 0.3) is 0 Å². The van der Waals surface area contributed by atoms with Gasteiger partial charge in [0.05, 0.1) is 17.3 Å². The Kier molecular flexibility index (Phi) is 6.90. The van der Waals surface area contributed by atoms with Crippen molar-refractivity contribution in [3.8, 4) is 0 Å². The molecule has 4 rings (SSSR count). The lowest BCUT2D eigenvalue weighted by Gasteiger charge is -2.55. The van der Waals surface area contributed by atoms with Crippen molar-refractivity contribution >= 4 is 21.7 Å². The van der Waals surface area contributed by atoms with Gasteiger partial charge in [0.15, 0.2) is 0 Å². The molecule has 1 N–H and O–H groups in total. The number of amides is 2. The van der Waals surface area contributed by atoms with Gasteiger partial charge in [0.2, 0.25) is 5.91 Å². The summed E-state index contributed by atoms with van der Waals surface area (Å²) >= 11 is 0. The number of piperazine rings is 1. The standard InChI is InChI=1S/C23H40N4O4S/c1-15-14-26(23(29)22-24-11-12-25(22)3)21-13-18(7-10-20(21)27(15)16(2)28)17-5-8-19(9-6-17)32(4,30)31/h15,17-22,24H,5-14H2,1-4H3. The molecule has 0 bridgehead atoms. The molecule has 182 valence electrons. The monoisotopic (exact) mass is 468 g/mol. The van der Waals surface area contributed by atoms with Crippen molar-refractivity contribution in [1.82, 2.24) is 20.0 Å². The molecule has 2 saturated carbocycles. The fourth-order valence-electron chi connectivity index (χ4n) is 6.97. The molecule has 0 spiro atoms. The van der Waals surface area contributed by atoms with Gasteiger partial charge in [0.1, 0.15) is 16.0 Å². The topological polar surface area (TPSA) is 90.0 Å². The zero-order chi connectivity index (χ0) is 23.2. The minimum absolute atomic E-state index is 0.0196. The molecule has 4 aliphatic rings. The van der Waals surface area contributed by atoms with E-state index in [1.54, 1.807) is 6.92 Å². The van der Waals surface area contributed by atoms with E-state index < -0.39 is 9.84 Å². The Morgan fingerprint density at radius 3 is 2.19 bits per heavy atom. The fourth-order valence-corrected chi connectivity index (χ4v) is 8.09. The van der Waals surface area contributed by atoms with Gasteiger partial charge in [-0.05, 0) is 70.8 Å². The van der Waals surface area contributed by atoms with Gasteiger partial charge in [0, 0.05) is 38.9 Å². The highest BCUT2D eigenvalue weighted by atomic mass is 32.2. The maximum Gasteiger partial charge on any atom is 0.255 e. The number of hydrogen-bond acceptors (Lipinski definition) is 6. The minimum atomic E-state index is -2.97. The lowest BCUT2D eigenvalue weighted by Crippen LogP contribution is -2.69. The predicted octanol–water partition coefficient (Wildman–Crippen LogP) is 1.07. The second-order valence-corrected chi connectivity index (χ2v) is 13.0. The van der Waals surface area contributed by atoms with Gasteiger partial charge < -0.3 is 9.80 Å². The van der Waals surface area contributed by atoms with Crippen LogP contribution in [0.15, 0.2) is 0 Å². The molecule has 8 nitrogen and oxygen atoms in total. The summed E-state index contributed by atoms with van der Waals surface area (Å²) < 4.78 is 23.9. The highest BCUT2D eigenvalue weighted by molar-refractivity contribution is 7.91. The highest BCUT2D eigenvalue weighted by Crippen LogP contribution is 2.43. The van der Waals surface area contributed by atoms with Crippen molar-refractivity contribution in [1.29, 1.82) is 0 Å². The number of sulfone groups is 1. The lowest BCUT2D eigenvalue weighted by molar-refractivity contribution is -0.157. The van der Waals surface area contributed by atoms with Crippen molar-refractivity contribution in [2.75, 3.05) is 32.9 Å². The van der Waals surface area contributed by atoms with Crippen molar-refractivity contribution in [2.24, 2.45) is 11.8 Å². The zero-order valence-corrected chi connectivity index (χ0v) is 20.8. The van der Waals surface area contributed by atoms with Gasteiger partial charge in [-0.3, -0.25) is 19.8 Å². The Balaban J connectivity index is 1.51. The van der Waals surface area contributed by atoms with Crippen LogP contribution in [-0.4, -0.2) is 97.4 Å². The van der Waals surface area contributed by atoms with Crippen LogP contribution in [0.1, 0.15) is 58.8 Å². The molecular formula is C23H40N4O4S. The molecule has 0 aromatic rings. The molecular weight excluding hydrogens is 428 g/mol. The van der Waals surface area contributed by atoms with Gasteiger partial charge >= 0.3 is 0 Å². The van der Waals surface area contributed by atoms with Crippen molar-refractivity contribution < 1.29 is 18.0 Å². The third-order valence-corrected chi connectivity index (χ3v) is 10.3. The Labute approximate surface area is 193 Å². The number of hydrogen-bond donors (Lipinski definition) is 1. The van der Waals surface area contributed by atoms with Crippen LogP contribution < -0.4 is 5.32 Å². The van der Waals surface area contributed by atoms with E-state index in [1.165, 1.54) is 6.26 Å². The Morgan fingerprint density at radius 1 is 0.969 bits per heavy atom. The van der Waals surface area contributed by atoms with Crippen LogP contribution in [0.3, 0.4) is 0 Å². The summed E-state index contributed by atoms with van der Waals surface area (Å²) in [4.78, 5) is 32.3. The fraction of sp³-hybridized carbons (Fsp3) is 0.913. The number of carbonyl (C=O) groups excluding carboxylic acids is 2. The van der Waals surface area contributed by atoms with Gasteiger partial charge in [-0.15, -0.1) is 0 Å². The van der Waals surface area contributed by atoms with E-state index in [0.29, 0.717) is 18.4 Å². The molecule has 2 heterocycles. The van der Waals surface area contributed by atoms with Gasteiger partial charge in [-0.25, -0.2) is 8.42 Å². The molecule has 0 aromatic carbocycles. The van der Waals surface area contributed by atoms with E-state index in [4.69, 9.17) is 0 Å². The van der Waals surface area contributed by atoms with E-state index >= 15 is 0 Å². The first kappa shape index (κ1) is 24.0. The minimum Gasteiger partial charge on any atom is -0.333 e. The van der Waals surface area contributed by atoms with Crippen LogP contribution in [0, 0.1) is 11.8 Å². The van der Waals surface area contributed by atoms with Crippen LogP contribution in [0.5, 0.6) is 0 Å². The summed E-state index contributed by atoms with van der Waals surface area (Å²) in [5, 5.41) is 3.14. The Hall–Kier alpha value is -1.19. The normalized spacial score (nSPS) is 39.1. The molecule has 5 atom stereocenters. The first-order valence-electron chi connectivity index (χ1n) is 12.3. The summed E-state index contributed by atoms with van der Waals surface area (Å²) in [5.74, 6) is 1.24. The maximum absolute atomic E-state index is 13.6. The molecule has 9 heteroatoms. The average molecular weight is 469 g/mol. The number of fused-ring (bicyclic) bond motifs is 1. The van der Waals surface area contributed by atoms with Crippen molar-refractivity contribution in [3.05, 3.63) is 0 Å². The molecule has 2 amide bonds. The first-order valence-corrected chi connectivity index (χ1v) is 14.2. The van der Waals surface area contributed by atoms with Gasteiger partial charge in [0.25, 0.3) is 5.91 Å². The van der Waals surface area contributed by atoms with Crippen molar-refractivity contribution in [3.63, 3.8) is 0 Å². The summed E-state index contributed by atoms with van der Waals surface area (Å²) in [6, 6.07) is 0.145. The Bertz CT molecular complexity index is 826. The number of carbonyl (C=O) groups is 2. The van der Waals surface area contributed by atoms with E-state index in [0.717, 1.165) is 58.0 Å². The second-order valence-electron chi connectivity index (χ2n) is 10.7. The number of likely N-dealkylation sites (N-methyl/N-ethyl adjacent to an activating group) is 1. The quantitative estimate of drug-likeness (QED) is 0.666. The lowest BCUT2D eigenvalue weighted by atomic mass is 9.69. The SMILES string of the molecule is CC(=O)N1C(C)CN(C(=O)C2NCCN2C)C2CC(C3CCC(S(C)(=O)=O)CC3)CCC21. The summed E-state index contributed by atoms with van der Waals surface area (Å²) in [6.45, 7) is 5.97. The molecule has 2 aliphatic carbocycles. The molecule has 4 fully saturated rings. The van der Waals surface area contributed by atoms with Crippen molar-refractivity contribution in [2.45, 2.75) is 88.3 Å². The van der Waals surface area contributed by atoms with E-state index in [1.807, 2.05) is 11.9 Å². The summed E-state index contributed by atoms with van der Waals surface area (Å²) in [6.07, 6.45) is 7.38. The third kappa shape index (κ3) is 4.57. The van der Waals surface area contributed by atoms with Crippen LogP contribution in [-0.2, 0) is 19.4 Å². The maximum atomic E-state index is 13.6. The van der Waals surface area contributed by atoms with Gasteiger partial charge in [-0.1, -0.05) is 0 Å². The van der Waals surface area contributed by atoms with E-state index in [-0.39, 0.29) is 41.4 Å². The molecule has 0 aromatic heterocycles. The van der Waals surface area contributed by atoms with E-state index in [2.05, 4.69) is 22.0 Å². The molecule has 0 radical (unpaired) electrons. The van der Waals surface area contributed by atoms with Crippen LogP contribution in [0.2, 0.25) is 0 Å². The molecule has 2 saturated heterocycles. The first-order chi connectivity index (χ1) is 15.1. The molecule has 32 heavy (non-hydrogen) atoms. The number of nitrogens with one attached hydrogen (secondary N) is 1. The largest absolute Gasteiger partial charge is 0.333 e. The Morgan fingerprint density at radius 2 is 1.62 bits per heavy atom. The van der Waals surface area contributed by atoms with Crippen LogP contribution >= 0.6 is 0 Å². The zero-order valence-electron chi connectivity index (χ0n) is 20.0. The highest BCUT2D eigenvalue weighted by Gasteiger charge is 2.49. The smallest absolute Gasteiger partial charge is 0.255 e. The van der Waals surface area contributed by atoms with Crippen LogP contribution in [0.4, 0.5) is 0 Å². The summed E-state index contributed by atoms with van der Waals surface area (Å²) in [5.41, 5.74) is 0. The number of nitrogens with zero attached hydrogens (tertiary/aromatic N) is 3. The predicted molar refractivity (Wildman–Crippen MR) is 124 cm³/mol. The van der Waals surface area contributed by atoms with Gasteiger partial charge in [-0.2, -0.15) is 0 Å². The average Bonchev–Trinajstić information content (AvgIpc) is 3.17. The molecule has 2 aliphatic heterocycles. The third-order valence-electron chi connectivity index (χ3n) is 8.63. The van der Waals surface area contributed by atoms with E-state index in [9.17, 15) is 18.0 Å².